The third-order valence-corrected chi connectivity index (χ3v) is 4.21. The summed E-state index contributed by atoms with van der Waals surface area (Å²) in [5.41, 5.74) is 0.597. The van der Waals surface area contributed by atoms with E-state index in [1.54, 1.807) is 0 Å². The molecule has 15 heavy (non-hydrogen) atoms. The number of aliphatic imine (C=N–C) groups is 1. The van der Waals surface area contributed by atoms with Gasteiger partial charge < -0.3 is 5.32 Å². The van der Waals surface area contributed by atoms with Gasteiger partial charge in [-0.3, -0.25) is 4.99 Å². The van der Waals surface area contributed by atoms with Gasteiger partial charge in [-0.15, -0.1) is 0 Å². The highest BCUT2D eigenvalue weighted by Gasteiger charge is 2.31. The molecule has 0 saturated heterocycles. The van der Waals surface area contributed by atoms with Gasteiger partial charge in [0.25, 0.3) is 0 Å². The van der Waals surface area contributed by atoms with Crippen molar-refractivity contribution in [2.45, 2.75) is 58.3 Å². The molecule has 1 heterocycles. The average molecular weight is 208 g/mol. The Morgan fingerprint density at radius 2 is 2.00 bits per heavy atom. The molecule has 0 bridgehead atoms. The summed E-state index contributed by atoms with van der Waals surface area (Å²) >= 11 is 0. The van der Waals surface area contributed by atoms with Crippen LogP contribution in [0.5, 0.6) is 0 Å². The minimum Gasteiger partial charge on any atom is -0.373 e. The van der Waals surface area contributed by atoms with Crippen molar-refractivity contribution in [2.24, 2.45) is 10.4 Å². The van der Waals surface area contributed by atoms with Gasteiger partial charge in [0.15, 0.2) is 0 Å². The van der Waals surface area contributed by atoms with E-state index in [0.29, 0.717) is 5.41 Å². The van der Waals surface area contributed by atoms with Crippen LogP contribution in [0.4, 0.5) is 0 Å². The molecule has 1 N–H and O–H groups in total. The van der Waals surface area contributed by atoms with Crippen molar-refractivity contribution in [2.75, 3.05) is 13.1 Å². The molecule has 0 aromatic rings. The minimum absolute atomic E-state index is 0.597. The van der Waals surface area contributed by atoms with Gasteiger partial charge in [-0.2, -0.15) is 0 Å². The molecule has 0 aromatic carbocycles. The first kappa shape index (κ1) is 11.0. The summed E-state index contributed by atoms with van der Waals surface area (Å²) < 4.78 is 0. The molecule has 2 rings (SSSR count). The third kappa shape index (κ3) is 2.73. The highest BCUT2D eigenvalue weighted by atomic mass is 15.0. The Morgan fingerprint density at radius 1 is 1.20 bits per heavy atom. The predicted molar refractivity (Wildman–Crippen MR) is 65.3 cm³/mol. The Labute approximate surface area is 93.6 Å². The van der Waals surface area contributed by atoms with E-state index in [4.69, 9.17) is 0 Å². The predicted octanol–water partition coefficient (Wildman–Crippen LogP) is 3.13. The van der Waals surface area contributed by atoms with Crippen LogP contribution in [0.15, 0.2) is 4.99 Å². The maximum absolute atomic E-state index is 4.56. The van der Waals surface area contributed by atoms with Gasteiger partial charge in [-0.1, -0.05) is 19.8 Å². The zero-order valence-corrected chi connectivity index (χ0v) is 10.0. The van der Waals surface area contributed by atoms with Crippen molar-refractivity contribution < 1.29 is 0 Å². The normalized spacial score (nSPS) is 25.0. The van der Waals surface area contributed by atoms with Gasteiger partial charge in [-0.05, 0) is 37.5 Å². The van der Waals surface area contributed by atoms with Gasteiger partial charge in [-0.25, -0.2) is 0 Å². The van der Waals surface area contributed by atoms with Crippen LogP contribution in [0, 0.1) is 5.41 Å². The molecule has 0 aromatic heterocycles. The minimum atomic E-state index is 0.597. The maximum Gasteiger partial charge on any atom is 0.0963 e. The fraction of sp³-hybridized carbons (Fsp3) is 0.923. The van der Waals surface area contributed by atoms with E-state index in [-0.39, 0.29) is 0 Å². The molecule has 1 aliphatic heterocycles. The smallest absolute Gasteiger partial charge is 0.0963 e. The standard InChI is InChI=1S/C13H24N2/c1-2-13(8-4-5-9-13)11-15-12-7-3-6-10-14-12/h2-11H2,1H3,(H,14,15). The molecule has 0 amide bonds. The van der Waals surface area contributed by atoms with Crippen LogP contribution < -0.4 is 5.32 Å². The lowest BCUT2D eigenvalue weighted by Crippen LogP contribution is -2.36. The molecule has 0 spiro atoms. The first-order valence-corrected chi connectivity index (χ1v) is 6.62. The van der Waals surface area contributed by atoms with Crippen LogP contribution in [-0.2, 0) is 0 Å². The number of hydrogen-bond donors (Lipinski definition) is 1. The van der Waals surface area contributed by atoms with Gasteiger partial charge in [0, 0.05) is 19.5 Å². The molecule has 1 fully saturated rings. The van der Waals surface area contributed by atoms with Gasteiger partial charge in [0.05, 0.1) is 5.84 Å². The Bertz CT molecular complexity index is 227. The summed E-state index contributed by atoms with van der Waals surface area (Å²) in [6.45, 7) is 4.56. The van der Waals surface area contributed by atoms with E-state index >= 15 is 0 Å². The summed E-state index contributed by atoms with van der Waals surface area (Å²) in [7, 11) is 0. The topological polar surface area (TPSA) is 24.4 Å². The zero-order valence-electron chi connectivity index (χ0n) is 10.0. The summed E-state index contributed by atoms with van der Waals surface area (Å²) in [6, 6.07) is 0. The Hall–Kier alpha value is -0.530. The molecule has 2 heteroatoms. The molecule has 1 saturated carbocycles. The number of nitrogens with zero attached hydrogens (tertiary/aromatic N) is 1. The molecule has 2 nitrogen and oxygen atoms in total. The summed E-state index contributed by atoms with van der Waals surface area (Å²) in [5.74, 6) is 1.28. The average Bonchev–Trinajstić information content (AvgIpc) is 2.77. The second kappa shape index (κ2) is 5.00. The molecule has 1 aliphatic carbocycles. The van der Waals surface area contributed by atoms with E-state index in [1.807, 2.05) is 0 Å². The van der Waals surface area contributed by atoms with Crippen LogP contribution in [0.25, 0.3) is 0 Å². The Balaban J connectivity index is 1.82. The molecule has 86 valence electrons. The number of amidine groups is 1. The number of hydrogen-bond acceptors (Lipinski definition) is 2. The number of nitrogens with one attached hydrogen (secondary N) is 1. The van der Waals surface area contributed by atoms with Gasteiger partial charge in [0.1, 0.15) is 0 Å². The first-order chi connectivity index (χ1) is 7.35. The number of rotatable bonds is 3. The molecular weight excluding hydrogens is 184 g/mol. The quantitative estimate of drug-likeness (QED) is 0.757. The highest BCUT2D eigenvalue weighted by molar-refractivity contribution is 5.82. The van der Waals surface area contributed by atoms with E-state index < -0.39 is 0 Å². The van der Waals surface area contributed by atoms with E-state index in [2.05, 4.69) is 17.2 Å². The van der Waals surface area contributed by atoms with E-state index in [0.717, 1.165) is 6.54 Å². The molecule has 0 unspecified atom stereocenters. The first-order valence-electron chi connectivity index (χ1n) is 6.62. The van der Waals surface area contributed by atoms with Gasteiger partial charge in [0.2, 0.25) is 0 Å². The van der Waals surface area contributed by atoms with Crippen molar-refractivity contribution in [3.8, 4) is 0 Å². The van der Waals surface area contributed by atoms with Crippen LogP contribution in [0.1, 0.15) is 58.3 Å². The van der Waals surface area contributed by atoms with Crippen molar-refractivity contribution >= 4 is 5.84 Å². The van der Waals surface area contributed by atoms with Crippen molar-refractivity contribution in [3.05, 3.63) is 0 Å². The second-order valence-corrected chi connectivity index (χ2v) is 5.20. The summed E-state index contributed by atoms with van der Waals surface area (Å²) in [4.78, 5) is 4.56. The molecule has 0 radical (unpaired) electrons. The summed E-state index contributed by atoms with van der Waals surface area (Å²) in [5, 5.41) is 3.61. The van der Waals surface area contributed by atoms with Gasteiger partial charge >= 0.3 is 0 Å². The highest BCUT2D eigenvalue weighted by Crippen LogP contribution is 2.40. The molecule has 0 atom stereocenters. The Kier molecular flexibility index (Phi) is 3.66. The second-order valence-electron chi connectivity index (χ2n) is 5.20. The molecule has 2 aliphatic rings. The van der Waals surface area contributed by atoms with E-state index in [9.17, 15) is 0 Å². The zero-order chi connectivity index (χ0) is 10.6. The SMILES string of the molecule is CCC1(CNC2=NCCCC2)CCCC1. The van der Waals surface area contributed by atoms with Crippen LogP contribution >= 0.6 is 0 Å². The monoisotopic (exact) mass is 208 g/mol. The lowest BCUT2D eigenvalue weighted by Gasteiger charge is -2.29. The van der Waals surface area contributed by atoms with Crippen molar-refractivity contribution in [1.29, 1.82) is 0 Å². The fourth-order valence-corrected chi connectivity index (χ4v) is 2.91. The fourth-order valence-electron chi connectivity index (χ4n) is 2.91. The summed E-state index contributed by atoms with van der Waals surface area (Å²) in [6.07, 6.45) is 10.8. The lowest BCUT2D eigenvalue weighted by atomic mass is 9.83. The van der Waals surface area contributed by atoms with Crippen LogP contribution in [0.3, 0.4) is 0 Å². The van der Waals surface area contributed by atoms with Crippen LogP contribution in [0.2, 0.25) is 0 Å². The Morgan fingerprint density at radius 3 is 2.60 bits per heavy atom. The maximum atomic E-state index is 4.56. The largest absolute Gasteiger partial charge is 0.373 e. The molecular formula is C13H24N2. The van der Waals surface area contributed by atoms with E-state index in [1.165, 1.54) is 63.7 Å². The van der Waals surface area contributed by atoms with Crippen molar-refractivity contribution in [1.82, 2.24) is 5.32 Å². The third-order valence-electron chi connectivity index (χ3n) is 4.21. The van der Waals surface area contributed by atoms with Crippen LogP contribution in [-0.4, -0.2) is 18.9 Å². The van der Waals surface area contributed by atoms with Crippen molar-refractivity contribution in [3.63, 3.8) is 0 Å². The lowest BCUT2D eigenvalue weighted by molar-refractivity contribution is 0.283.